The number of nitrogens with zero attached hydrogens (tertiary/aromatic N) is 5. The van der Waals surface area contributed by atoms with Crippen molar-refractivity contribution in [2.45, 2.75) is 71.8 Å². The van der Waals surface area contributed by atoms with Gasteiger partial charge in [-0.2, -0.15) is 0 Å². The fraction of sp³-hybridized carbons (Fsp3) is 0.850. The first-order valence-electron chi connectivity index (χ1n) is 10.9. The van der Waals surface area contributed by atoms with Gasteiger partial charge in [0.2, 0.25) is 0 Å². The Labute approximate surface area is 188 Å². The number of likely N-dealkylation sites (tertiary alicyclic amines) is 1. The third-order valence-electron chi connectivity index (χ3n) is 5.08. The van der Waals surface area contributed by atoms with E-state index < -0.39 is 0 Å². The zero-order valence-electron chi connectivity index (χ0n) is 17.8. The van der Waals surface area contributed by atoms with Crippen LogP contribution in [0.3, 0.4) is 0 Å². The summed E-state index contributed by atoms with van der Waals surface area (Å²) >= 11 is 0. The predicted molar refractivity (Wildman–Crippen MR) is 128 cm³/mol. The van der Waals surface area contributed by atoms with Crippen molar-refractivity contribution in [3.63, 3.8) is 0 Å². The Morgan fingerprint density at radius 2 is 1.79 bits per heavy atom. The van der Waals surface area contributed by atoms with E-state index in [-0.39, 0.29) is 24.0 Å². The molecule has 0 radical (unpaired) electrons. The van der Waals surface area contributed by atoms with Gasteiger partial charge >= 0.3 is 0 Å². The monoisotopic (exact) mass is 505 g/mol. The van der Waals surface area contributed by atoms with Gasteiger partial charge in [-0.25, -0.2) is 0 Å². The van der Waals surface area contributed by atoms with Gasteiger partial charge in [-0.05, 0) is 45.3 Å². The molecule has 0 saturated carbocycles. The van der Waals surface area contributed by atoms with Crippen LogP contribution in [0, 0.1) is 0 Å². The number of aryl methyl sites for hydroxylation is 1. The van der Waals surface area contributed by atoms with Crippen molar-refractivity contribution in [1.29, 1.82) is 0 Å². The van der Waals surface area contributed by atoms with Gasteiger partial charge in [-0.3, -0.25) is 4.99 Å². The van der Waals surface area contributed by atoms with E-state index in [1.165, 1.54) is 58.2 Å². The predicted octanol–water partition coefficient (Wildman–Crippen LogP) is 3.06. The zero-order valence-corrected chi connectivity index (χ0v) is 20.2. The topological polar surface area (TPSA) is 70.4 Å². The molecule has 1 saturated heterocycles. The summed E-state index contributed by atoms with van der Waals surface area (Å²) in [5.41, 5.74) is 0. The molecule has 8 heteroatoms. The van der Waals surface area contributed by atoms with Crippen LogP contribution >= 0.6 is 24.0 Å². The number of hydrogen-bond acceptors (Lipinski definition) is 4. The molecule has 0 atom stereocenters. The van der Waals surface area contributed by atoms with Crippen molar-refractivity contribution in [3.05, 3.63) is 12.2 Å². The van der Waals surface area contributed by atoms with E-state index in [0.29, 0.717) is 0 Å². The molecule has 7 nitrogen and oxygen atoms in total. The van der Waals surface area contributed by atoms with Gasteiger partial charge in [0.15, 0.2) is 5.96 Å². The molecule has 0 aliphatic carbocycles. The van der Waals surface area contributed by atoms with Crippen molar-refractivity contribution >= 4 is 29.9 Å². The molecular weight excluding hydrogens is 465 g/mol. The summed E-state index contributed by atoms with van der Waals surface area (Å²) in [7, 11) is 0. The Morgan fingerprint density at radius 3 is 2.50 bits per heavy atom. The van der Waals surface area contributed by atoms with Gasteiger partial charge in [0.25, 0.3) is 0 Å². The maximum absolute atomic E-state index is 4.79. The molecule has 2 heterocycles. The lowest BCUT2D eigenvalue weighted by Crippen LogP contribution is -2.39. The molecule has 0 unspecified atom stereocenters. The second kappa shape index (κ2) is 16.0. The molecular formula is C20H40IN7. The van der Waals surface area contributed by atoms with E-state index in [2.05, 4.69) is 44.1 Å². The second-order valence-electron chi connectivity index (χ2n) is 7.34. The summed E-state index contributed by atoms with van der Waals surface area (Å²) in [6, 6.07) is 0. The van der Waals surface area contributed by atoms with E-state index >= 15 is 0 Å². The average Bonchev–Trinajstić information content (AvgIpc) is 2.98. The highest BCUT2D eigenvalue weighted by Gasteiger charge is 2.08. The maximum atomic E-state index is 4.79. The SMILES string of the molecule is CCCCNC(=NCCCN1CCCCCC1)NCCn1cnnc1CC.I. The minimum Gasteiger partial charge on any atom is -0.356 e. The molecule has 0 amide bonds. The van der Waals surface area contributed by atoms with Crippen LogP contribution in [0.25, 0.3) is 0 Å². The van der Waals surface area contributed by atoms with Crippen molar-refractivity contribution in [1.82, 2.24) is 30.3 Å². The van der Waals surface area contributed by atoms with Crippen LogP contribution in [0.4, 0.5) is 0 Å². The summed E-state index contributed by atoms with van der Waals surface area (Å²) < 4.78 is 2.11. The smallest absolute Gasteiger partial charge is 0.191 e. The van der Waals surface area contributed by atoms with E-state index in [9.17, 15) is 0 Å². The number of hydrogen-bond donors (Lipinski definition) is 2. The molecule has 28 heavy (non-hydrogen) atoms. The van der Waals surface area contributed by atoms with Gasteiger partial charge in [0, 0.05) is 32.6 Å². The van der Waals surface area contributed by atoms with Gasteiger partial charge in [-0.1, -0.05) is 33.1 Å². The Morgan fingerprint density at radius 1 is 1.04 bits per heavy atom. The van der Waals surface area contributed by atoms with Crippen LogP contribution in [0.5, 0.6) is 0 Å². The number of nitrogens with one attached hydrogen (secondary N) is 2. The quantitative estimate of drug-likeness (QED) is 0.210. The normalized spacial score (nSPS) is 15.7. The second-order valence-corrected chi connectivity index (χ2v) is 7.34. The first-order chi connectivity index (χ1) is 13.3. The summed E-state index contributed by atoms with van der Waals surface area (Å²) in [5.74, 6) is 1.97. The van der Waals surface area contributed by atoms with Gasteiger partial charge in [0.05, 0.1) is 0 Å². The van der Waals surface area contributed by atoms with Crippen LogP contribution in [0.1, 0.15) is 64.6 Å². The minimum absolute atomic E-state index is 0. The summed E-state index contributed by atoms with van der Waals surface area (Å²) in [4.78, 5) is 7.40. The summed E-state index contributed by atoms with van der Waals surface area (Å²) in [5, 5.41) is 15.1. The number of unbranched alkanes of at least 4 members (excludes halogenated alkanes) is 1. The highest BCUT2D eigenvalue weighted by Crippen LogP contribution is 2.09. The first kappa shape index (κ1) is 25.1. The Hall–Kier alpha value is -0.900. The number of guanidine groups is 1. The lowest BCUT2D eigenvalue weighted by atomic mass is 10.2. The van der Waals surface area contributed by atoms with Crippen molar-refractivity contribution in [2.75, 3.05) is 39.3 Å². The standard InChI is InChI=1S/C20H39N7.HI/c1-3-5-11-21-20(23-13-17-27-18-24-25-19(27)4-2)22-12-10-16-26-14-8-6-7-9-15-26;/h18H,3-17H2,1-2H3,(H2,21,22,23);1H. The van der Waals surface area contributed by atoms with Gasteiger partial charge in [-0.15, -0.1) is 34.2 Å². The highest BCUT2D eigenvalue weighted by molar-refractivity contribution is 14.0. The lowest BCUT2D eigenvalue weighted by molar-refractivity contribution is 0.283. The Bertz CT molecular complexity index is 524. The molecule has 162 valence electrons. The van der Waals surface area contributed by atoms with Crippen LogP contribution in [-0.2, 0) is 13.0 Å². The number of aliphatic imine (C=N–C) groups is 1. The van der Waals surface area contributed by atoms with Crippen molar-refractivity contribution in [2.24, 2.45) is 4.99 Å². The molecule has 1 aliphatic heterocycles. The fourth-order valence-corrected chi connectivity index (χ4v) is 3.44. The largest absolute Gasteiger partial charge is 0.356 e. The van der Waals surface area contributed by atoms with E-state index in [0.717, 1.165) is 50.8 Å². The molecule has 0 spiro atoms. The number of rotatable bonds is 11. The van der Waals surface area contributed by atoms with E-state index in [4.69, 9.17) is 4.99 Å². The fourth-order valence-electron chi connectivity index (χ4n) is 3.44. The molecule has 2 rings (SSSR count). The summed E-state index contributed by atoms with van der Waals surface area (Å²) in [6.45, 7) is 11.6. The van der Waals surface area contributed by atoms with Crippen LogP contribution in [0.2, 0.25) is 0 Å². The number of halogens is 1. The van der Waals surface area contributed by atoms with Gasteiger partial charge < -0.3 is 20.1 Å². The maximum Gasteiger partial charge on any atom is 0.191 e. The van der Waals surface area contributed by atoms with Crippen molar-refractivity contribution in [3.8, 4) is 0 Å². The molecule has 1 aromatic heterocycles. The van der Waals surface area contributed by atoms with E-state index in [1.54, 1.807) is 0 Å². The average molecular weight is 505 g/mol. The Kier molecular flexibility index (Phi) is 14.3. The molecule has 1 aliphatic rings. The highest BCUT2D eigenvalue weighted by atomic mass is 127. The number of aromatic nitrogens is 3. The molecule has 1 fully saturated rings. The van der Waals surface area contributed by atoms with Crippen LogP contribution < -0.4 is 10.6 Å². The minimum atomic E-state index is 0. The van der Waals surface area contributed by atoms with Gasteiger partial charge in [0.1, 0.15) is 12.2 Å². The molecule has 1 aromatic rings. The first-order valence-corrected chi connectivity index (χ1v) is 10.9. The third-order valence-corrected chi connectivity index (χ3v) is 5.08. The Balaban J connectivity index is 0.00000392. The van der Waals surface area contributed by atoms with Crippen molar-refractivity contribution < 1.29 is 0 Å². The van der Waals surface area contributed by atoms with E-state index in [1.807, 2.05) is 6.33 Å². The third kappa shape index (κ3) is 10.0. The van der Waals surface area contributed by atoms with Crippen LogP contribution in [0.15, 0.2) is 11.3 Å². The van der Waals surface area contributed by atoms with Crippen LogP contribution in [-0.4, -0.2) is 64.9 Å². The molecule has 2 N–H and O–H groups in total. The summed E-state index contributed by atoms with van der Waals surface area (Å²) in [6.07, 6.45) is 11.7. The molecule has 0 aromatic carbocycles. The molecule has 0 bridgehead atoms. The lowest BCUT2D eigenvalue weighted by Gasteiger charge is -2.19. The zero-order chi connectivity index (χ0) is 19.2.